The first-order chi connectivity index (χ1) is 9.40. The van der Waals surface area contributed by atoms with Crippen LogP contribution in [0, 0.1) is 0 Å². The summed E-state index contributed by atoms with van der Waals surface area (Å²) in [5.74, 6) is 1.00. The molecule has 0 radical (unpaired) electrons. The van der Waals surface area contributed by atoms with Gasteiger partial charge in [-0.15, -0.1) is 0 Å². The van der Waals surface area contributed by atoms with E-state index in [-0.39, 0.29) is 0 Å². The number of benzene rings is 2. The van der Waals surface area contributed by atoms with Crippen LogP contribution in [0.4, 0.5) is 0 Å². The summed E-state index contributed by atoms with van der Waals surface area (Å²) in [5.41, 5.74) is 1.28. The lowest BCUT2D eigenvalue weighted by Gasteiger charge is -2.27. The first kappa shape index (κ1) is 12.5. The van der Waals surface area contributed by atoms with Crippen molar-refractivity contribution < 1.29 is 4.74 Å². The molecule has 1 aliphatic heterocycles. The van der Waals surface area contributed by atoms with E-state index in [0.29, 0.717) is 12.6 Å². The summed E-state index contributed by atoms with van der Waals surface area (Å²) >= 11 is 0. The number of nitrogens with one attached hydrogen (secondary N) is 2. The maximum atomic E-state index is 5.83. The Kier molecular flexibility index (Phi) is 3.67. The lowest BCUT2D eigenvalue weighted by Crippen LogP contribution is -2.42. The predicted molar refractivity (Wildman–Crippen MR) is 78.7 cm³/mol. The molecule has 2 aromatic rings. The third-order valence-corrected chi connectivity index (χ3v) is 3.62. The smallest absolute Gasteiger partial charge is 0.124 e. The quantitative estimate of drug-likeness (QED) is 0.885. The highest BCUT2D eigenvalue weighted by Crippen LogP contribution is 2.33. The molecule has 2 aromatic carbocycles. The Hall–Kier alpha value is -1.58. The van der Waals surface area contributed by atoms with Crippen molar-refractivity contribution in [2.24, 2.45) is 0 Å². The van der Waals surface area contributed by atoms with E-state index in [9.17, 15) is 0 Å². The highest BCUT2D eigenvalue weighted by molar-refractivity contribution is 5.88. The third-order valence-electron chi connectivity index (χ3n) is 3.62. The summed E-state index contributed by atoms with van der Waals surface area (Å²) in [6.45, 7) is 5.72. The van der Waals surface area contributed by atoms with Gasteiger partial charge in [-0.3, -0.25) is 0 Å². The van der Waals surface area contributed by atoms with Gasteiger partial charge in [0.1, 0.15) is 5.75 Å². The van der Waals surface area contributed by atoms with Gasteiger partial charge in [0.05, 0.1) is 6.61 Å². The van der Waals surface area contributed by atoms with Gasteiger partial charge in [-0.2, -0.15) is 0 Å². The SMILES string of the molecule is CCOc1ccc2ccccc2c1[C@H]1CNCCN1. The number of ether oxygens (including phenoxy) is 1. The fourth-order valence-corrected chi connectivity index (χ4v) is 2.77. The minimum atomic E-state index is 0.321. The van der Waals surface area contributed by atoms with Gasteiger partial charge in [-0.05, 0) is 23.8 Å². The van der Waals surface area contributed by atoms with Gasteiger partial charge in [0.25, 0.3) is 0 Å². The predicted octanol–water partition coefficient (Wildman–Crippen LogP) is 2.47. The molecule has 0 saturated carbocycles. The average Bonchev–Trinajstić information content (AvgIpc) is 2.48. The number of hydrogen-bond donors (Lipinski definition) is 2. The standard InChI is InChI=1S/C16H20N2O/c1-2-19-15-8-7-12-5-3-4-6-13(12)16(15)14-11-17-9-10-18-14/h3-8,14,17-18H,2,9-11H2,1H3/t14-/m1/s1. The highest BCUT2D eigenvalue weighted by Gasteiger charge is 2.20. The molecule has 1 saturated heterocycles. The number of fused-ring (bicyclic) bond motifs is 1. The molecule has 0 unspecified atom stereocenters. The van der Waals surface area contributed by atoms with Crippen LogP contribution in [0.5, 0.6) is 5.75 Å². The molecule has 19 heavy (non-hydrogen) atoms. The van der Waals surface area contributed by atoms with E-state index in [0.717, 1.165) is 25.4 Å². The second-order valence-electron chi connectivity index (χ2n) is 4.84. The van der Waals surface area contributed by atoms with Gasteiger partial charge in [-0.1, -0.05) is 30.3 Å². The Morgan fingerprint density at radius 1 is 1.16 bits per heavy atom. The molecule has 3 nitrogen and oxygen atoms in total. The van der Waals surface area contributed by atoms with E-state index in [1.54, 1.807) is 0 Å². The van der Waals surface area contributed by atoms with Gasteiger partial charge < -0.3 is 15.4 Å². The summed E-state index contributed by atoms with van der Waals surface area (Å²) in [6.07, 6.45) is 0. The van der Waals surface area contributed by atoms with Crippen LogP contribution in [0.1, 0.15) is 18.5 Å². The second kappa shape index (κ2) is 5.59. The molecule has 0 aliphatic carbocycles. The lowest BCUT2D eigenvalue weighted by atomic mass is 9.96. The van der Waals surface area contributed by atoms with E-state index in [4.69, 9.17) is 4.74 Å². The third kappa shape index (κ3) is 2.44. The molecule has 0 amide bonds. The van der Waals surface area contributed by atoms with Crippen molar-refractivity contribution in [3.05, 3.63) is 42.0 Å². The summed E-state index contributed by atoms with van der Waals surface area (Å²) in [4.78, 5) is 0. The van der Waals surface area contributed by atoms with Crippen LogP contribution in [0.3, 0.4) is 0 Å². The molecular weight excluding hydrogens is 236 g/mol. The molecule has 0 aromatic heterocycles. The molecule has 1 fully saturated rings. The molecule has 2 N–H and O–H groups in total. The molecule has 3 rings (SSSR count). The van der Waals surface area contributed by atoms with Gasteiger partial charge in [0.2, 0.25) is 0 Å². The Morgan fingerprint density at radius 2 is 2.05 bits per heavy atom. The zero-order chi connectivity index (χ0) is 13.1. The zero-order valence-corrected chi connectivity index (χ0v) is 11.3. The van der Waals surface area contributed by atoms with Crippen LogP contribution in [-0.2, 0) is 0 Å². The van der Waals surface area contributed by atoms with Crippen LogP contribution in [-0.4, -0.2) is 26.2 Å². The molecular formula is C16H20N2O. The topological polar surface area (TPSA) is 33.3 Å². The summed E-state index contributed by atoms with van der Waals surface area (Å²) < 4.78 is 5.83. The maximum Gasteiger partial charge on any atom is 0.124 e. The van der Waals surface area contributed by atoms with Crippen molar-refractivity contribution in [2.45, 2.75) is 13.0 Å². The monoisotopic (exact) mass is 256 g/mol. The van der Waals surface area contributed by atoms with Crippen LogP contribution in [0.2, 0.25) is 0 Å². The largest absolute Gasteiger partial charge is 0.494 e. The number of rotatable bonds is 3. The van der Waals surface area contributed by atoms with E-state index >= 15 is 0 Å². The van der Waals surface area contributed by atoms with Gasteiger partial charge in [-0.25, -0.2) is 0 Å². The van der Waals surface area contributed by atoms with E-state index in [1.807, 2.05) is 6.92 Å². The van der Waals surface area contributed by atoms with Crippen molar-refractivity contribution in [3.8, 4) is 5.75 Å². The maximum absolute atomic E-state index is 5.83. The van der Waals surface area contributed by atoms with Crippen molar-refractivity contribution in [1.82, 2.24) is 10.6 Å². The number of hydrogen-bond acceptors (Lipinski definition) is 3. The van der Waals surface area contributed by atoms with Gasteiger partial charge in [0, 0.05) is 31.2 Å². The van der Waals surface area contributed by atoms with Crippen LogP contribution in [0.15, 0.2) is 36.4 Å². The molecule has 0 bridgehead atoms. The first-order valence-corrected chi connectivity index (χ1v) is 6.98. The Morgan fingerprint density at radius 3 is 2.84 bits per heavy atom. The van der Waals surface area contributed by atoms with Crippen molar-refractivity contribution in [1.29, 1.82) is 0 Å². The van der Waals surface area contributed by atoms with Gasteiger partial charge in [0.15, 0.2) is 0 Å². The summed E-state index contributed by atoms with van der Waals surface area (Å²) in [6, 6.07) is 13.1. The summed E-state index contributed by atoms with van der Waals surface area (Å²) in [5, 5.41) is 9.59. The molecule has 3 heteroatoms. The second-order valence-corrected chi connectivity index (χ2v) is 4.84. The van der Waals surface area contributed by atoms with E-state index < -0.39 is 0 Å². The average molecular weight is 256 g/mol. The molecule has 1 atom stereocenters. The van der Waals surface area contributed by atoms with Crippen molar-refractivity contribution >= 4 is 10.8 Å². The molecule has 1 aliphatic rings. The van der Waals surface area contributed by atoms with Crippen molar-refractivity contribution in [3.63, 3.8) is 0 Å². The Labute approximate surface area is 114 Å². The minimum Gasteiger partial charge on any atom is -0.494 e. The fraction of sp³-hybridized carbons (Fsp3) is 0.375. The molecule has 0 spiro atoms. The van der Waals surface area contributed by atoms with Crippen molar-refractivity contribution in [2.75, 3.05) is 26.2 Å². The van der Waals surface area contributed by atoms with E-state index in [1.165, 1.54) is 16.3 Å². The van der Waals surface area contributed by atoms with Crippen LogP contribution in [0.25, 0.3) is 10.8 Å². The summed E-state index contributed by atoms with van der Waals surface area (Å²) in [7, 11) is 0. The Bertz CT molecular complexity index is 562. The fourth-order valence-electron chi connectivity index (χ4n) is 2.77. The molecule has 100 valence electrons. The zero-order valence-electron chi connectivity index (χ0n) is 11.3. The highest BCUT2D eigenvalue weighted by atomic mass is 16.5. The minimum absolute atomic E-state index is 0.321. The lowest BCUT2D eigenvalue weighted by molar-refractivity contribution is 0.328. The van der Waals surface area contributed by atoms with E-state index in [2.05, 4.69) is 47.0 Å². The van der Waals surface area contributed by atoms with Gasteiger partial charge >= 0.3 is 0 Å². The first-order valence-electron chi connectivity index (χ1n) is 6.98. The normalized spacial score (nSPS) is 19.5. The number of piperazine rings is 1. The van der Waals surface area contributed by atoms with Crippen LogP contribution < -0.4 is 15.4 Å². The molecule has 1 heterocycles. The van der Waals surface area contributed by atoms with Crippen LogP contribution >= 0.6 is 0 Å². The Balaban J connectivity index is 2.13.